The molecule has 0 spiro atoms. The molecule has 138 valence electrons. The van der Waals surface area contributed by atoms with Crippen LogP contribution in [0.4, 0.5) is 5.69 Å². The van der Waals surface area contributed by atoms with Crippen molar-refractivity contribution >= 4 is 15.7 Å². The molecule has 26 heavy (non-hydrogen) atoms. The van der Waals surface area contributed by atoms with Crippen molar-refractivity contribution in [3.63, 3.8) is 0 Å². The number of hydrogen-bond donors (Lipinski definition) is 0. The van der Waals surface area contributed by atoms with Gasteiger partial charge >= 0.3 is 0 Å². The van der Waals surface area contributed by atoms with Crippen molar-refractivity contribution in [3.8, 4) is 0 Å². The molecule has 0 unspecified atom stereocenters. The van der Waals surface area contributed by atoms with Crippen LogP contribution in [0.15, 0.2) is 59.5 Å². The summed E-state index contributed by atoms with van der Waals surface area (Å²) in [6.07, 6.45) is 0. The lowest BCUT2D eigenvalue weighted by molar-refractivity contribution is 0.0435. The van der Waals surface area contributed by atoms with Gasteiger partial charge in [-0.25, -0.2) is 8.42 Å². The number of fused-ring (bicyclic) bond motifs is 1. The Morgan fingerprint density at radius 1 is 0.962 bits per heavy atom. The average molecular weight is 372 g/mol. The molecule has 2 fully saturated rings. The van der Waals surface area contributed by atoms with E-state index >= 15 is 0 Å². The number of nitrogens with zero attached hydrogens (tertiary/aromatic N) is 3. The zero-order valence-electron chi connectivity index (χ0n) is 15.2. The van der Waals surface area contributed by atoms with Crippen LogP contribution in [0.2, 0.25) is 0 Å². The molecular weight excluding hydrogens is 346 g/mol. The first kappa shape index (κ1) is 17.5. The first-order chi connectivity index (χ1) is 12.4. The second kappa shape index (κ2) is 6.68. The highest BCUT2D eigenvalue weighted by Gasteiger charge is 2.48. The quantitative estimate of drug-likeness (QED) is 0.809. The number of benzene rings is 2. The van der Waals surface area contributed by atoms with Crippen LogP contribution in [0.3, 0.4) is 0 Å². The zero-order chi connectivity index (χ0) is 18.3. The topological polar surface area (TPSA) is 43.9 Å². The van der Waals surface area contributed by atoms with Gasteiger partial charge in [0.05, 0.1) is 4.90 Å². The second-order valence-corrected chi connectivity index (χ2v) is 9.39. The van der Waals surface area contributed by atoms with Gasteiger partial charge in [0, 0.05) is 57.9 Å². The van der Waals surface area contributed by atoms with Crippen LogP contribution in [-0.4, -0.2) is 57.4 Å². The monoisotopic (exact) mass is 371 g/mol. The van der Waals surface area contributed by atoms with Crippen LogP contribution in [0.5, 0.6) is 0 Å². The lowest BCUT2D eigenvalue weighted by atomic mass is 9.91. The maximum Gasteiger partial charge on any atom is 0.243 e. The van der Waals surface area contributed by atoms with Crippen LogP contribution in [0.25, 0.3) is 0 Å². The third-order valence-electron chi connectivity index (χ3n) is 5.53. The van der Waals surface area contributed by atoms with E-state index < -0.39 is 10.0 Å². The molecule has 2 atom stereocenters. The minimum atomic E-state index is -3.37. The summed E-state index contributed by atoms with van der Waals surface area (Å²) in [6, 6.07) is 17.7. The highest BCUT2D eigenvalue weighted by molar-refractivity contribution is 7.89. The normalized spacial score (nSPS) is 23.5. The first-order valence-electron chi connectivity index (χ1n) is 9.00. The fourth-order valence-corrected chi connectivity index (χ4v) is 5.50. The number of hydrogen-bond acceptors (Lipinski definition) is 4. The summed E-state index contributed by atoms with van der Waals surface area (Å²) in [5.41, 5.74) is 2.47. The summed E-state index contributed by atoms with van der Waals surface area (Å²) < 4.78 is 27.3. The van der Waals surface area contributed by atoms with Gasteiger partial charge in [-0.2, -0.15) is 4.31 Å². The van der Waals surface area contributed by atoms with Crippen LogP contribution in [-0.2, 0) is 16.6 Å². The van der Waals surface area contributed by atoms with Crippen molar-refractivity contribution in [2.75, 3.05) is 38.6 Å². The Morgan fingerprint density at radius 3 is 2.31 bits per heavy atom. The maximum absolute atomic E-state index is 12.8. The maximum atomic E-state index is 12.8. The predicted octanol–water partition coefficient (Wildman–Crippen LogP) is 2.26. The molecule has 0 amide bonds. The molecule has 5 nitrogen and oxygen atoms in total. The molecule has 2 aromatic rings. The molecule has 2 heterocycles. The Bertz CT molecular complexity index is 866. The summed E-state index contributed by atoms with van der Waals surface area (Å²) in [5, 5.41) is 0. The lowest BCUT2D eigenvalue weighted by Crippen LogP contribution is -2.54. The van der Waals surface area contributed by atoms with Crippen LogP contribution in [0, 0.1) is 5.92 Å². The molecule has 2 aromatic carbocycles. The van der Waals surface area contributed by atoms with E-state index in [-0.39, 0.29) is 0 Å². The van der Waals surface area contributed by atoms with E-state index in [0.29, 0.717) is 29.9 Å². The number of anilines is 1. The van der Waals surface area contributed by atoms with Crippen LogP contribution < -0.4 is 4.90 Å². The highest BCUT2D eigenvalue weighted by Crippen LogP contribution is 2.36. The number of sulfonamides is 1. The Hall–Kier alpha value is -1.89. The molecule has 0 radical (unpaired) electrons. The summed E-state index contributed by atoms with van der Waals surface area (Å²) in [4.78, 5) is 4.88. The number of likely N-dealkylation sites (tertiary alicyclic amines) is 1. The summed E-state index contributed by atoms with van der Waals surface area (Å²) in [6.45, 7) is 3.09. The fourth-order valence-electron chi connectivity index (χ4n) is 3.96. The van der Waals surface area contributed by atoms with Gasteiger partial charge in [-0.05, 0) is 29.8 Å². The summed E-state index contributed by atoms with van der Waals surface area (Å²) in [5.74, 6) is 0.453. The van der Waals surface area contributed by atoms with Crippen molar-refractivity contribution in [1.82, 2.24) is 9.21 Å². The molecule has 2 aliphatic rings. The van der Waals surface area contributed by atoms with E-state index in [1.165, 1.54) is 11.3 Å². The molecular formula is C20H25N3O2S. The molecule has 4 rings (SSSR count). The fraction of sp³-hybridized carbons (Fsp3) is 0.400. The largest absolute Gasteiger partial charge is 0.378 e. The van der Waals surface area contributed by atoms with E-state index in [1.54, 1.807) is 28.6 Å². The van der Waals surface area contributed by atoms with Gasteiger partial charge in [0.1, 0.15) is 0 Å². The van der Waals surface area contributed by atoms with Gasteiger partial charge in [0.2, 0.25) is 10.0 Å². The van der Waals surface area contributed by atoms with Crippen molar-refractivity contribution in [2.45, 2.75) is 17.5 Å². The Morgan fingerprint density at radius 2 is 1.65 bits per heavy atom. The molecule has 6 heteroatoms. The van der Waals surface area contributed by atoms with Gasteiger partial charge in [-0.15, -0.1) is 0 Å². The van der Waals surface area contributed by atoms with E-state index in [4.69, 9.17) is 0 Å². The Balaban J connectivity index is 1.41. The Kier molecular flexibility index (Phi) is 4.50. The second-order valence-electron chi connectivity index (χ2n) is 7.45. The van der Waals surface area contributed by atoms with Gasteiger partial charge in [-0.1, -0.05) is 30.3 Å². The molecule has 0 N–H and O–H groups in total. The van der Waals surface area contributed by atoms with E-state index in [9.17, 15) is 8.42 Å². The van der Waals surface area contributed by atoms with Gasteiger partial charge in [-0.3, -0.25) is 4.90 Å². The third kappa shape index (κ3) is 3.13. The number of rotatable bonds is 5. The van der Waals surface area contributed by atoms with Gasteiger partial charge < -0.3 is 4.90 Å². The summed E-state index contributed by atoms with van der Waals surface area (Å²) >= 11 is 0. The SMILES string of the molecule is CN(C)c1ccc(CN2C[C@H]3CN(S(=O)(=O)c4ccccc4)C[C@@H]32)cc1. The third-order valence-corrected chi connectivity index (χ3v) is 7.38. The molecule has 0 saturated carbocycles. The highest BCUT2D eigenvalue weighted by atomic mass is 32.2. The molecule has 2 aliphatic heterocycles. The zero-order valence-corrected chi connectivity index (χ0v) is 16.1. The van der Waals surface area contributed by atoms with Crippen LogP contribution >= 0.6 is 0 Å². The van der Waals surface area contributed by atoms with Gasteiger partial charge in [0.25, 0.3) is 0 Å². The lowest BCUT2D eigenvalue weighted by Gasteiger charge is -2.43. The first-order valence-corrected chi connectivity index (χ1v) is 10.4. The van der Waals surface area contributed by atoms with E-state index in [2.05, 4.69) is 34.1 Å². The molecule has 0 bridgehead atoms. The van der Waals surface area contributed by atoms with Crippen molar-refractivity contribution in [2.24, 2.45) is 5.92 Å². The molecule has 0 aromatic heterocycles. The standard InChI is InChI=1S/C20H25N3O2S/c1-21(2)18-10-8-16(9-11-18)12-22-13-17-14-23(15-20(17)22)26(24,25)19-6-4-3-5-7-19/h3-11,17,20H,12-15H2,1-2H3/t17-,20-/m0/s1. The molecule has 2 saturated heterocycles. The van der Waals surface area contributed by atoms with E-state index in [0.717, 1.165) is 13.1 Å². The summed E-state index contributed by atoms with van der Waals surface area (Å²) in [7, 11) is 0.699. The van der Waals surface area contributed by atoms with Crippen molar-refractivity contribution < 1.29 is 8.42 Å². The average Bonchev–Trinajstić information content (AvgIpc) is 2.98. The smallest absolute Gasteiger partial charge is 0.243 e. The minimum absolute atomic E-state index is 0.335. The van der Waals surface area contributed by atoms with Crippen LogP contribution in [0.1, 0.15) is 5.56 Å². The van der Waals surface area contributed by atoms with Gasteiger partial charge in [0.15, 0.2) is 0 Å². The predicted molar refractivity (Wildman–Crippen MR) is 104 cm³/mol. The molecule has 0 aliphatic carbocycles. The van der Waals surface area contributed by atoms with E-state index in [1.807, 2.05) is 20.2 Å². The Labute approximate surface area is 155 Å². The van der Waals surface area contributed by atoms with Crippen molar-refractivity contribution in [3.05, 3.63) is 60.2 Å². The van der Waals surface area contributed by atoms with Crippen molar-refractivity contribution in [1.29, 1.82) is 0 Å². The minimum Gasteiger partial charge on any atom is -0.378 e.